The van der Waals surface area contributed by atoms with Crippen molar-refractivity contribution in [1.29, 1.82) is 0 Å². The molecule has 1 aromatic carbocycles. The van der Waals surface area contributed by atoms with Crippen molar-refractivity contribution in [3.63, 3.8) is 0 Å². The number of sulfonamides is 1. The molecule has 0 bridgehead atoms. The zero-order valence-electron chi connectivity index (χ0n) is 12.9. The molecule has 1 aromatic heterocycles. The number of nitrogens with zero attached hydrogens (tertiary/aromatic N) is 1. The van der Waals surface area contributed by atoms with Gasteiger partial charge in [-0.15, -0.1) is 0 Å². The summed E-state index contributed by atoms with van der Waals surface area (Å²) in [7, 11) is -4.38. The number of pyridine rings is 1. The third-order valence-electron chi connectivity index (χ3n) is 3.01. The van der Waals surface area contributed by atoms with E-state index in [-0.39, 0.29) is 17.2 Å². The first-order valence-electron chi connectivity index (χ1n) is 6.84. The maximum atomic E-state index is 12.8. The SMILES string of the molecule is O=C(Nc1cc(C(F)(F)F)cnc1NS(=O)(=O)c1ccccc1)C(F)(F)F. The molecule has 0 saturated carbocycles. The molecule has 0 spiro atoms. The molecule has 0 fully saturated rings. The highest BCUT2D eigenvalue weighted by molar-refractivity contribution is 7.92. The average Bonchev–Trinajstić information content (AvgIpc) is 2.55. The van der Waals surface area contributed by atoms with Crippen LogP contribution in [-0.2, 0) is 21.0 Å². The Hall–Kier alpha value is -2.83. The maximum absolute atomic E-state index is 12.8. The lowest BCUT2D eigenvalue weighted by atomic mass is 10.2. The van der Waals surface area contributed by atoms with Crippen molar-refractivity contribution in [3.8, 4) is 0 Å². The Balaban J connectivity index is 2.47. The van der Waals surface area contributed by atoms with E-state index in [9.17, 15) is 39.6 Å². The third-order valence-corrected chi connectivity index (χ3v) is 4.36. The summed E-state index contributed by atoms with van der Waals surface area (Å²) in [4.78, 5) is 13.9. The topological polar surface area (TPSA) is 88.2 Å². The van der Waals surface area contributed by atoms with Crippen LogP contribution in [0.1, 0.15) is 5.56 Å². The first kappa shape index (κ1) is 20.5. The van der Waals surface area contributed by atoms with E-state index < -0.39 is 45.4 Å². The van der Waals surface area contributed by atoms with Gasteiger partial charge >= 0.3 is 18.3 Å². The summed E-state index contributed by atoms with van der Waals surface area (Å²) in [5.74, 6) is -3.51. The minimum atomic E-state index is -5.41. The Morgan fingerprint density at radius 1 is 1.00 bits per heavy atom. The highest BCUT2D eigenvalue weighted by atomic mass is 32.2. The van der Waals surface area contributed by atoms with E-state index in [0.717, 1.165) is 12.1 Å². The molecule has 2 N–H and O–H groups in total. The lowest BCUT2D eigenvalue weighted by Gasteiger charge is -2.15. The van der Waals surface area contributed by atoms with Gasteiger partial charge in [-0.2, -0.15) is 26.3 Å². The monoisotopic (exact) mass is 413 g/mol. The summed E-state index contributed by atoms with van der Waals surface area (Å²) >= 11 is 0. The van der Waals surface area contributed by atoms with Crippen molar-refractivity contribution >= 4 is 27.4 Å². The molecule has 0 aliphatic rings. The minimum absolute atomic E-state index is 0.138. The Labute approximate surface area is 148 Å². The molecule has 0 atom stereocenters. The van der Waals surface area contributed by atoms with Gasteiger partial charge in [-0.1, -0.05) is 18.2 Å². The third kappa shape index (κ3) is 5.09. The molecular formula is C14H9F6N3O3S. The van der Waals surface area contributed by atoms with Gasteiger partial charge in [0.25, 0.3) is 10.0 Å². The summed E-state index contributed by atoms with van der Waals surface area (Å²) in [6.45, 7) is 0. The van der Waals surface area contributed by atoms with E-state index in [1.165, 1.54) is 23.5 Å². The number of nitrogens with one attached hydrogen (secondary N) is 2. The molecule has 1 amide bonds. The summed E-state index contributed by atoms with van der Waals surface area (Å²) in [5, 5.41) is 1.18. The van der Waals surface area contributed by atoms with Gasteiger partial charge in [0.15, 0.2) is 5.82 Å². The second kappa shape index (κ2) is 7.06. The number of halogens is 6. The number of aromatic nitrogens is 1. The van der Waals surface area contributed by atoms with Crippen molar-refractivity contribution in [2.75, 3.05) is 10.0 Å². The van der Waals surface area contributed by atoms with Gasteiger partial charge in [0.05, 0.1) is 16.1 Å². The van der Waals surface area contributed by atoms with Crippen LogP contribution in [-0.4, -0.2) is 25.5 Å². The molecule has 0 aliphatic heterocycles. The quantitative estimate of drug-likeness (QED) is 0.753. The summed E-state index contributed by atoms with van der Waals surface area (Å²) in [5.41, 5.74) is -2.59. The number of hydrogen-bond donors (Lipinski definition) is 2. The number of anilines is 2. The summed E-state index contributed by atoms with van der Waals surface area (Å²) in [6.07, 6.45) is -10.2. The van der Waals surface area contributed by atoms with Crippen LogP contribution < -0.4 is 10.0 Å². The molecule has 13 heteroatoms. The van der Waals surface area contributed by atoms with Gasteiger partial charge in [-0.05, 0) is 18.2 Å². The molecular weight excluding hydrogens is 404 g/mol. The standard InChI is InChI=1S/C14H9F6N3O3S/c15-13(16,17)8-6-10(22-12(24)14(18,19)20)11(21-7-8)23-27(25,26)9-4-2-1-3-5-9/h1-7H,(H,21,23)(H,22,24). The van der Waals surface area contributed by atoms with E-state index in [0.29, 0.717) is 0 Å². The van der Waals surface area contributed by atoms with E-state index in [2.05, 4.69) is 4.98 Å². The van der Waals surface area contributed by atoms with Crippen molar-refractivity contribution in [3.05, 3.63) is 48.2 Å². The highest BCUT2D eigenvalue weighted by Crippen LogP contribution is 2.34. The number of benzene rings is 1. The molecule has 0 aliphatic carbocycles. The van der Waals surface area contributed by atoms with Crippen molar-refractivity contribution in [1.82, 2.24) is 4.98 Å². The number of hydrogen-bond acceptors (Lipinski definition) is 4. The summed E-state index contributed by atoms with van der Waals surface area (Å²) in [6, 6.07) is 6.60. The lowest BCUT2D eigenvalue weighted by molar-refractivity contribution is -0.167. The normalized spacial score (nSPS) is 12.5. The molecule has 0 saturated heterocycles. The molecule has 27 heavy (non-hydrogen) atoms. The van der Waals surface area contributed by atoms with Gasteiger partial charge in [0.2, 0.25) is 0 Å². The zero-order valence-corrected chi connectivity index (χ0v) is 13.7. The van der Waals surface area contributed by atoms with Crippen molar-refractivity contribution in [2.45, 2.75) is 17.2 Å². The average molecular weight is 413 g/mol. The predicted octanol–water partition coefficient (Wildman–Crippen LogP) is 3.40. The Kier molecular flexibility index (Phi) is 5.35. The largest absolute Gasteiger partial charge is 0.471 e. The molecule has 0 radical (unpaired) electrons. The lowest BCUT2D eigenvalue weighted by Crippen LogP contribution is -2.30. The van der Waals surface area contributed by atoms with E-state index in [1.54, 1.807) is 4.72 Å². The van der Waals surface area contributed by atoms with Gasteiger partial charge < -0.3 is 5.32 Å². The Morgan fingerprint density at radius 2 is 1.59 bits per heavy atom. The van der Waals surface area contributed by atoms with Gasteiger partial charge in [0, 0.05) is 6.20 Å². The predicted molar refractivity (Wildman–Crippen MR) is 81.2 cm³/mol. The number of carbonyl (C=O) groups excluding carboxylic acids is 1. The molecule has 6 nitrogen and oxygen atoms in total. The number of carbonyl (C=O) groups is 1. The molecule has 1 heterocycles. The van der Waals surface area contributed by atoms with E-state index in [1.807, 2.05) is 0 Å². The highest BCUT2D eigenvalue weighted by Gasteiger charge is 2.40. The van der Waals surface area contributed by atoms with Crippen LogP contribution in [0.15, 0.2) is 47.5 Å². The van der Waals surface area contributed by atoms with Gasteiger partial charge in [-0.25, -0.2) is 13.4 Å². The number of rotatable bonds is 4. The van der Waals surface area contributed by atoms with Crippen LogP contribution in [0.2, 0.25) is 0 Å². The molecule has 0 unspecified atom stereocenters. The van der Waals surface area contributed by atoms with Crippen LogP contribution in [0.25, 0.3) is 0 Å². The van der Waals surface area contributed by atoms with E-state index in [4.69, 9.17) is 0 Å². The molecule has 2 rings (SSSR count). The maximum Gasteiger partial charge on any atom is 0.471 e. The van der Waals surface area contributed by atoms with E-state index >= 15 is 0 Å². The number of amides is 1. The van der Waals surface area contributed by atoms with Crippen LogP contribution in [0.5, 0.6) is 0 Å². The zero-order chi connectivity index (χ0) is 20.5. The van der Waals surface area contributed by atoms with Gasteiger partial charge in [0.1, 0.15) is 0 Å². The fourth-order valence-electron chi connectivity index (χ4n) is 1.78. The second-order valence-electron chi connectivity index (χ2n) is 4.99. The fraction of sp³-hybridized carbons (Fsp3) is 0.143. The Morgan fingerprint density at radius 3 is 2.11 bits per heavy atom. The minimum Gasteiger partial charge on any atom is -0.315 e. The van der Waals surface area contributed by atoms with Crippen LogP contribution in [0.3, 0.4) is 0 Å². The first-order valence-corrected chi connectivity index (χ1v) is 8.32. The first-order chi connectivity index (χ1) is 12.3. The van der Waals surface area contributed by atoms with Crippen LogP contribution >= 0.6 is 0 Å². The smallest absolute Gasteiger partial charge is 0.315 e. The Bertz CT molecular complexity index is 943. The summed E-state index contributed by atoms with van der Waals surface area (Å²) < 4.78 is 102. The van der Waals surface area contributed by atoms with Crippen LogP contribution in [0.4, 0.5) is 37.8 Å². The van der Waals surface area contributed by atoms with Gasteiger partial charge in [-0.3, -0.25) is 9.52 Å². The van der Waals surface area contributed by atoms with Crippen molar-refractivity contribution < 1.29 is 39.6 Å². The fourth-order valence-corrected chi connectivity index (χ4v) is 2.83. The number of alkyl halides is 6. The van der Waals surface area contributed by atoms with Crippen LogP contribution in [0, 0.1) is 0 Å². The molecule has 146 valence electrons. The van der Waals surface area contributed by atoms with Crippen molar-refractivity contribution in [2.24, 2.45) is 0 Å². The molecule has 2 aromatic rings. The second-order valence-corrected chi connectivity index (χ2v) is 6.67.